The minimum atomic E-state index is -1.89. The third kappa shape index (κ3) is 3.43. The van der Waals surface area contributed by atoms with Crippen LogP contribution in [0.5, 0.6) is 0 Å². The van der Waals surface area contributed by atoms with Crippen molar-refractivity contribution >= 4 is 12.0 Å². The summed E-state index contributed by atoms with van der Waals surface area (Å²) >= 11 is 0. The van der Waals surface area contributed by atoms with Crippen molar-refractivity contribution in [3.8, 4) is 11.5 Å². The SMILES string of the molecule is C=Cc1cccc([C@@](O)(Cc2cnc(-c3ccccc3)o2)C(=O)OC)c1. The van der Waals surface area contributed by atoms with Crippen molar-refractivity contribution in [2.24, 2.45) is 0 Å². The van der Waals surface area contributed by atoms with Crippen molar-refractivity contribution in [2.75, 3.05) is 7.11 Å². The summed E-state index contributed by atoms with van der Waals surface area (Å²) in [5.41, 5.74) is 0.113. The number of carbonyl (C=O) groups is 1. The van der Waals surface area contributed by atoms with Crippen LogP contribution >= 0.6 is 0 Å². The molecule has 26 heavy (non-hydrogen) atoms. The summed E-state index contributed by atoms with van der Waals surface area (Å²) in [5, 5.41) is 11.1. The Morgan fingerprint density at radius 2 is 2.04 bits per heavy atom. The Morgan fingerprint density at radius 3 is 2.73 bits per heavy atom. The van der Waals surface area contributed by atoms with Crippen LogP contribution < -0.4 is 0 Å². The lowest BCUT2D eigenvalue weighted by atomic mass is 9.88. The molecule has 1 aromatic heterocycles. The van der Waals surface area contributed by atoms with Crippen molar-refractivity contribution in [1.82, 2.24) is 4.98 Å². The smallest absolute Gasteiger partial charge is 0.343 e. The molecule has 2 aromatic carbocycles. The second-order valence-electron chi connectivity index (χ2n) is 5.86. The Balaban J connectivity index is 1.96. The van der Waals surface area contributed by atoms with Crippen molar-refractivity contribution in [3.05, 3.63) is 84.3 Å². The first-order valence-corrected chi connectivity index (χ1v) is 8.10. The van der Waals surface area contributed by atoms with Crippen molar-refractivity contribution in [1.29, 1.82) is 0 Å². The van der Waals surface area contributed by atoms with Gasteiger partial charge in [-0.15, -0.1) is 0 Å². The quantitative estimate of drug-likeness (QED) is 0.689. The monoisotopic (exact) mass is 349 g/mol. The number of carbonyl (C=O) groups excluding carboxylic acids is 1. The number of oxazole rings is 1. The van der Waals surface area contributed by atoms with E-state index in [1.54, 1.807) is 24.3 Å². The third-order valence-corrected chi connectivity index (χ3v) is 4.13. The number of nitrogens with zero attached hydrogens (tertiary/aromatic N) is 1. The minimum Gasteiger partial charge on any atom is -0.467 e. The zero-order valence-corrected chi connectivity index (χ0v) is 14.4. The molecular weight excluding hydrogens is 330 g/mol. The van der Waals surface area contributed by atoms with E-state index in [2.05, 4.69) is 11.6 Å². The third-order valence-electron chi connectivity index (χ3n) is 4.13. The van der Waals surface area contributed by atoms with Crippen LogP contribution in [0.4, 0.5) is 0 Å². The van der Waals surface area contributed by atoms with Crippen LogP contribution in [0.25, 0.3) is 17.5 Å². The molecule has 0 unspecified atom stereocenters. The van der Waals surface area contributed by atoms with Crippen molar-refractivity contribution in [2.45, 2.75) is 12.0 Å². The van der Waals surface area contributed by atoms with E-state index in [9.17, 15) is 9.90 Å². The fourth-order valence-electron chi connectivity index (χ4n) is 2.74. The molecule has 3 rings (SSSR count). The first kappa shape index (κ1) is 17.6. The van der Waals surface area contributed by atoms with Gasteiger partial charge in [-0.3, -0.25) is 0 Å². The first-order valence-electron chi connectivity index (χ1n) is 8.10. The summed E-state index contributed by atoms with van der Waals surface area (Å²) in [6.07, 6.45) is 3.05. The fraction of sp³-hybridized carbons (Fsp3) is 0.143. The van der Waals surface area contributed by atoms with Crippen LogP contribution in [-0.2, 0) is 21.6 Å². The Labute approximate surface area is 151 Å². The number of aliphatic hydroxyl groups is 1. The molecule has 1 N–H and O–H groups in total. The van der Waals surface area contributed by atoms with Gasteiger partial charge in [-0.1, -0.05) is 49.1 Å². The topological polar surface area (TPSA) is 72.6 Å². The van der Waals surface area contributed by atoms with Crippen LogP contribution in [0, 0.1) is 0 Å². The molecular formula is C21H19NO4. The molecule has 0 aliphatic heterocycles. The summed E-state index contributed by atoms with van der Waals surface area (Å²) in [7, 11) is 1.24. The molecule has 0 radical (unpaired) electrons. The van der Waals surface area contributed by atoms with Gasteiger partial charge in [0.15, 0.2) is 5.60 Å². The van der Waals surface area contributed by atoms with Gasteiger partial charge >= 0.3 is 5.97 Å². The summed E-state index contributed by atoms with van der Waals surface area (Å²) in [6.45, 7) is 3.71. The average molecular weight is 349 g/mol. The zero-order chi connectivity index (χ0) is 18.6. The number of aromatic nitrogens is 1. The van der Waals surface area contributed by atoms with Crippen LogP contribution in [0.3, 0.4) is 0 Å². The first-order chi connectivity index (χ1) is 12.6. The van der Waals surface area contributed by atoms with Crippen LogP contribution in [0.1, 0.15) is 16.9 Å². The normalized spacial score (nSPS) is 13.0. The number of rotatable bonds is 6. The molecule has 0 spiro atoms. The average Bonchev–Trinajstić information content (AvgIpc) is 3.16. The molecule has 0 fully saturated rings. The van der Waals surface area contributed by atoms with Crippen LogP contribution in [0.15, 0.2) is 71.8 Å². The van der Waals surface area contributed by atoms with E-state index in [0.717, 1.165) is 11.1 Å². The molecule has 0 saturated carbocycles. The molecule has 1 atom stereocenters. The van der Waals surface area contributed by atoms with Gasteiger partial charge in [0, 0.05) is 5.56 Å². The largest absolute Gasteiger partial charge is 0.467 e. The predicted molar refractivity (Wildman–Crippen MR) is 98.1 cm³/mol. The lowest BCUT2D eigenvalue weighted by Gasteiger charge is -2.25. The molecule has 3 aromatic rings. The van der Waals surface area contributed by atoms with E-state index in [0.29, 0.717) is 17.2 Å². The predicted octanol–water partition coefficient (Wildman–Crippen LogP) is 3.59. The second kappa shape index (κ2) is 7.37. The summed E-state index contributed by atoms with van der Waals surface area (Å²) in [6, 6.07) is 16.3. The Hall–Kier alpha value is -3.18. The summed E-state index contributed by atoms with van der Waals surface area (Å²) < 4.78 is 10.6. The maximum Gasteiger partial charge on any atom is 0.343 e. The fourth-order valence-corrected chi connectivity index (χ4v) is 2.74. The molecule has 132 valence electrons. The van der Waals surface area contributed by atoms with Gasteiger partial charge < -0.3 is 14.3 Å². The standard InChI is InChI=1S/C21H19NO4/c1-3-15-8-7-11-17(12-15)21(24,20(23)25-2)13-18-14-22-19(26-18)16-9-5-4-6-10-16/h3-12,14,24H,1,13H2,2H3/t21-/m0/s1. The maximum atomic E-state index is 12.4. The number of hydrogen-bond donors (Lipinski definition) is 1. The van der Waals surface area contributed by atoms with Gasteiger partial charge in [0.05, 0.1) is 19.7 Å². The molecule has 0 aliphatic rings. The molecule has 0 saturated heterocycles. The number of hydrogen-bond acceptors (Lipinski definition) is 5. The minimum absolute atomic E-state index is 0.0971. The zero-order valence-electron chi connectivity index (χ0n) is 14.4. The van der Waals surface area contributed by atoms with E-state index in [1.807, 2.05) is 36.4 Å². The number of methoxy groups -OCH3 is 1. The Bertz CT molecular complexity index is 917. The van der Waals surface area contributed by atoms with E-state index in [-0.39, 0.29) is 6.42 Å². The Morgan fingerprint density at radius 1 is 1.27 bits per heavy atom. The molecule has 0 amide bonds. The van der Waals surface area contributed by atoms with E-state index >= 15 is 0 Å². The van der Waals surface area contributed by atoms with Gasteiger partial charge in [0.1, 0.15) is 5.76 Å². The van der Waals surface area contributed by atoms with Crippen molar-refractivity contribution in [3.63, 3.8) is 0 Å². The highest BCUT2D eigenvalue weighted by Crippen LogP contribution is 2.30. The van der Waals surface area contributed by atoms with Gasteiger partial charge in [0.2, 0.25) is 5.89 Å². The highest BCUT2D eigenvalue weighted by molar-refractivity contribution is 5.81. The highest BCUT2D eigenvalue weighted by atomic mass is 16.5. The van der Waals surface area contributed by atoms with Gasteiger partial charge in [-0.05, 0) is 29.3 Å². The van der Waals surface area contributed by atoms with Crippen LogP contribution in [-0.4, -0.2) is 23.2 Å². The van der Waals surface area contributed by atoms with E-state index in [1.165, 1.54) is 13.3 Å². The van der Waals surface area contributed by atoms with Gasteiger partial charge in [-0.25, -0.2) is 9.78 Å². The van der Waals surface area contributed by atoms with Crippen LogP contribution in [0.2, 0.25) is 0 Å². The van der Waals surface area contributed by atoms with E-state index < -0.39 is 11.6 Å². The summed E-state index contributed by atoms with van der Waals surface area (Å²) in [4.78, 5) is 16.6. The summed E-state index contributed by atoms with van der Waals surface area (Å²) in [5.74, 6) is 0.0322. The lowest BCUT2D eigenvalue weighted by Crippen LogP contribution is -2.39. The molecule has 0 aliphatic carbocycles. The van der Waals surface area contributed by atoms with Gasteiger partial charge in [-0.2, -0.15) is 0 Å². The molecule has 0 bridgehead atoms. The van der Waals surface area contributed by atoms with Gasteiger partial charge in [0.25, 0.3) is 0 Å². The second-order valence-corrected chi connectivity index (χ2v) is 5.86. The number of ether oxygens (including phenoxy) is 1. The molecule has 5 nitrogen and oxygen atoms in total. The maximum absolute atomic E-state index is 12.4. The van der Waals surface area contributed by atoms with E-state index in [4.69, 9.17) is 9.15 Å². The molecule has 1 heterocycles. The highest BCUT2D eigenvalue weighted by Gasteiger charge is 2.40. The number of benzene rings is 2. The number of esters is 1. The molecule has 5 heteroatoms. The van der Waals surface area contributed by atoms with Crippen molar-refractivity contribution < 1.29 is 19.1 Å². The Kier molecular flexibility index (Phi) is 5.00. The lowest BCUT2D eigenvalue weighted by molar-refractivity contribution is -0.163.